The lowest BCUT2D eigenvalue weighted by Gasteiger charge is -2.33. The van der Waals surface area contributed by atoms with Gasteiger partial charge in [0.15, 0.2) is 17.7 Å². The van der Waals surface area contributed by atoms with Gasteiger partial charge in [0.1, 0.15) is 17.2 Å². The average molecular weight is 419 g/mol. The molecule has 2 N–H and O–H groups in total. The SMILES string of the molecule is Cc1c(F)ccc(CNC(=O)c2cn3c(c(O)c2=O)C(=O)N2[C@@H](C)CO[C@@H]2C3)c1F. The van der Waals surface area contributed by atoms with Crippen LogP contribution in [-0.2, 0) is 17.8 Å². The second-order valence-corrected chi connectivity index (χ2v) is 7.40. The summed E-state index contributed by atoms with van der Waals surface area (Å²) in [6.45, 7) is 3.25. The Morgan fingerprint density at radius 2 is 2.07 bits per heavy atom. The molecule has 1 aromatic heterocycles. The molecule has 2 aromatic rings. The van der Waals surface area contributed by atoms with Gasteiger partial charge in [0, 0.05) is 23.9 Å². The van der Waals surface area contributed by atoms with E-state index in [0.29, 0.717) is 6.61 Å². The summed E-state index contributed by atoms with van der Waals surface area (Å²) in [5, 5.41) is 12.7. The molecule has 10 heteroatoms. The summed E-state index contributed by atoms with van der Waals surface area (Å²) in [6, 6.07) is 2.07. The average Bonchev–Trinajstić information content (AvgIpc) is 3.09. The van der Waals surface area contributed by atoms with Crippen LogP contribution < -0.4 is 10.7 Å². The molecule has 0 unspecified atom stereocenters. The summed E-state index contributed by atoms with van der Waals surface area (Å²) in [5.41, 5.74) is -1.74. The summed E-state index contributed by atoms with van der Waals surface area (Å²) in [6.07, 6.45) is 0.620. The molecule has 1 fully saturated rings. The molecule has 0 radical (unpaired) electrons. The Kier molecular flexibility index (Phi) is 4.81. The van der Waals surface area contributed by atoms with Gasteiger partial charge in [-0.3, -0.25) is 14.4 Å². The Bertz CT molecular complexity index is 1130. The first kappa shape index (κ1) is 20.0. The minimum absolute atomic E-state index is 0.0451. The molecule has 2 atom stereocenters. The monoisotopic (exact) mass is 419 g/mol. The lowest BCUT2D eigenvalue weighted by molar-refractivity contribution is 0.00624. The number of carbonyl (C=O) groups excluding carboxylic acids is 2. The number of fused-ring (bicyclic) bond motifs is 2. The molecule has 0 aliphatic carbocycles. The third kappa shape index (κ3) is 3.04. The standard InChI is InChI=1S/C20H19F2N3O5/c1-9-8-30-14-7-24-6-12(17(26)18(27)16(24)20(29)25(9)14)19(28)23-5-11-3-4-13(21)10(2)15(11)22/h3-4,6,9,14,27H,5,7-8H2,1-2H3,(H,23,28)/t9-,14+/m0/s1. The summed E-state index contributed by atoms with van der Waals surface area (Å²) in [4.78, 5) is 39.2. The molecule has 8 nitrogen and oxygen atoms in total. The van der Waals surface area contributed by atoms with Gasteiger partial charge in [-0.2, -0.15) is 0 Å². The molecule has 4 rings (SSSR count). The summed E-state index contributed by atoms with van der Waals surface area (Å²) < 4.78 is 34.4. The topological polar surface area (TPSA) is 101 Å². The number of ether oxygens (including phenoxy) is 1. The fourth-order valence-corrected chi connectivity index (χ4v) is 3.76. The Balaban J connectivity index is 1.62. The van der Waals surface area contributed by atoms with Gasteiger partial charge in [0.05, 0.1) is 19.2 Å². The van der Waals surface area contributed by atoms with Gasteiger partial charge in [-0.05, 0) is 19.9 Å². The van der Waals surface area contributed by atoms with E-state index in [0.717, 1.165) is 6.07 Å². The van der Waals surface area contributed by atoms with Gasteiger partial charge >= 0.3 is 0 Å². The van der Waals surface area contributed by atoms with Crippen molar-refractivity contribution in [2.75, 3.05) is 6.61 Å². The Morgan fingerprint density at radius 1 is 1.33 bits per heavy atom. The molecule has 30 heavy (non-hydrogen) atoms. The molecule has 3 heterocycles. The molecule has 0 bridgehead atoms. The van der Waals surface area contributed by atoms with Crippen molar-refractivity contribution >= 4 is 11.8 Å². The maximum atomic E-state index is 14.1. The Morgan fingerprint density at radius 3 is 2.80 bits per heavy atom. The van der Waals surface area contributed by atoms with Crippen LogP contribution in [0, 0.1) is 18.6 Å². The van der Waals surface area contributed by atoms with Crippen LogP contribution in [0.15, 0.2) is 23.1 Å². The number of nitrogens with zero attached hydrogens (tertiary/aromatic N) is 2. The maximum Gasteiger partial charge on any atom is 0.276 e. The van der Waals surface area contributed by atoms with Crippen LogP contribution in [0.4, 0.5) is 8.78 Å². The number of pyridine rings is 1. The largest absolute Gasteiger partial charge is 0.503 e. The minimum Gasteiger partial charge on any atom is -0.503 e. The van der Waals surface area contributed by atoms with E-state index in [1.54, 1.807) is 6.92 Å². The van der Waals surface area contributed by atoms with Crippen molar-refractivity contribution < 1.29 is 28.2 Å². The van der Waals surface area contributed by atoms with E-state index in [1.165, 1.54) is 28.7 Å². The first-order valence-electron chi connectivity index (χ1n) is 9.33. The summed E-state index contributed by atoms with van der Waals surface area (Å²) in [5.74, 6) is -3.74. The van der Waals surface area contributed by atoms with Crippen molar-refractivity contribution in [3.63, 3.8) is 0 Å². The van der Waals surface area contributed by atoms with Crippen LogP contribution >= 0.6 is 0 Å². The van der Waals surface area contributed by atoms with Crippen LogP contribution in [0.2, 0.25) is 0 Å². The van der Waals surface area contributed by atoms with E-state index in [2.05, 4.69) is 5.32 Å². The lowest BCUT2D eigenvalue weighted by atomic mass is 10.1. The van der Waals surface area contributed by atoms with Crippen LogP contribution in [-0.4, -0.2) is 45.3 Å². The van der Waals surface area contributed by atoms with Gasteiger partial charge in [-0.25, -0.2) is 8.78 Å². The molecular weight excluding hydrogens is 400 g/mol. The van der Waals surface area contributed by atoms with Crippen LogP contribution in [0.3, 0.4) is 0 Å². The van der Waals surface area contributed by atoms with Gasteiger partial charge in [-0.1, -0.05) is 6.07 Å². The van der Waals surface area contributed by atoms with Crippen molar-refractivity contribution in [3.05, 3.63) is 62.6 Å². The molecule has 2 amide bonds. The number of amides is 2. The second kappa shape index (κ2) is 7.21. The molecule has 0 spiro atoms. The van der Waals surface area contributed by atoms with E-state index in [1.807, 2.05) is 0 Å². The highest BCUT2D eigenvalue weighted by molar-refractivity contribution is 5.99. The highest BCUT2D eigenvalue weighted by Gasteiger charge is 2.42. The van der Waals surface area contributed by atoms with Gasteiger partial charge in [0.25, 0.3) is 11.8 Å². The molecule has 1 saturated heterocycles. The number of nitrogens with one attached hydrogen (secondary N) is 1. The highest BCUT2D eigenvalue weighted by Crippen LogP contribution is 2.29. The van der Waals surface area contributed by atoms with Gasteiger partial charge < -0.3 is 24.6 Å². The Hall–Kier alpha value is -3.27. The fourth-order valence-electron chi connectivity index (χ4n) is 3.76. The zero-order valence-electron chi connectivity index (χ0n) is 16.2. The zero-order valence-corrected chi connectivity index (χ0v) is 16.2. The number of benzene rings is 1. The van der Waals surface area contributed by atoms with E-state index in [4.69, 9.17) is 4.74 Å². The third-order valence-electron chi connectivity index (χ3n) is 5.45. The molecule has 2 aliphatic rings. The molecule has 158 valence electrons. The maximum absolute atomic E-state index is 14.1. The number of rotatable bonds is 3. The first-order chi connectivity index (χ1) is 14.2. The van der Waals surface area contributed by atoms with E-state index < -0.39 is 46.4 Å². The van der Waals surface area contributed by atoms with E-state index in [-0.39, 0.29) is 36.0 Å². The van der Waals surface area contributed by atoms with Crippen LogP contribution in [0.5, 0.6) is 5.75 Å². The summed E-state index contributed by atoms with van der Waals surface area (Å²) >= 11 is 0. The second-order valence-electron chi connectivity index (χ2n) is 7.40. The third-order valence-corrected chi connectivity index (χ3v) is 5.45. The smallest absolute Gasteiger partial charge is 0.276 e. The Labute approximate surface area is 169 Å². The van der Waals surface area contributed by atoms with Gasteiger partial charge in [-0.15, -0.1) is 0 Å². The van der Waals surface area contributed by atoms with Crippen molar-refractivity contribution in [2.24, 2.45) is 0 Å². The summed E-state index contributed by atoms with van der Waals surface area (Å²) in [7, 11) is 0. The van der Waals surface area contributed by atoms with Crippen molar-refractivity contribution in [2.45, 2.75) is 39.2 Å². The van der Waals surface area contributed by atoms with E-state index >= 15 is 0 Å². The van der Waals surface area contributed by atoms with Gasteiger partial charge in [0.2, 0.25) is 5.43 Å². The van der Waals surface area contributed by atoms with E-state index in [9.17, 15) is 28.3 Å². The minimum atomic E-state index is -1.01. The normalized spacial score (nSPS) is 20.1. The first-order valence-corrected chi connectivity index (χ1v) is 9.33. The predicted octanol–water partition coefficient (Wildman–Crippen LogP) is 1.27. The van der Waals surface area contributed by atoms with Crippen molar-refractivity contribution in [1.82, 2.24) is 14.8 Å². The molecule has 1 aromatic carbocycles. The number of hydrogen-bond acceptors (Lipinski definition) is 5. The fraction of sp³-hybridized carbons (Fsp3) is 0.350. The molecular formula is C20H19F2N3O5. The van der Waals surface area contributed by atoms with Crippen LogP contribution in [0.25, 0.3) is 0 Å². The number of aromatic hydroxyl groups is 1. The number of aromatic nitrogens is 1. The van der Waals surface area contributed by atoms with Crippen molar-refractivity contribution in [1.29, 1.82) is 0 Å². The lowest BCUT2D eigenvalue weighted by Crippen LogP contribution is -2.49. The van der Waals surface area contributed by atoms with Crippen LogP contribution in [0.1, 0.15) is 38.9 Å². The predicted molar refractivity (Wildman–Crippen MR) is 100 cm³/mol. The zero-order chi connectivity index (χ0) is 21.7. The highest BCUT2D eigenvalue weighted by atomic mass is 19.1. The molecule has 2 aliphatic heterocycles. The molecule has 0 saturated carbocycles. The van der Waals surface area contributed by atoms with Crippen molar-refractivity contribution in [3.8, 4) is 5.75 Å². The number of carbonyl (C=O) groups is 2. The quantitative estimate of drug-likeness (QED) is 0.781. The number of hydrogen-bond donors (Lipinski definition) is 2. The number of halogens is 2.